The van der Waals surface area contributed by atoms with E-state index >= 15 is 0 Å². The second-order valence-corrected chi connectivity index (χ2v) is 8.22. The second kappa shape index (κ2) is 6.86. The summed E-state index contributed by atoms with van der Waals surface area (Å²) in [4.78, 5) is 0. The molecule has 19 heavy (non-hydrogen) atoms. The normalized spacial score (nSPS) is 13.5. The molecule has 0 aliphatic heterocycles. The van der Waals surface area contributed by atoms with Crippen molar-refractivity contribution in [2.75, 3.05) is 11.5 Å². The highest BCUT2D eigenvalue weighted by Crippen LogP contribution is 2.26. The van der Waals surface area contributed by atoms with Crippen LogP contribution in [0.25, 0.3) is 0 Å². The Balaban J connectivity index is 2.67. The number of aryl methyl sites for hydroxylation is 2. The predicted octanol–water partition coefficient (Wildman–Crippen LogP) is 3.28. The zero-order valence-corrected chi connectivity index (χ0v) is 14.1. The summed E-state index contributed by atoms with van der Waals surface area (Å²) < 4.78 is 24.0. The molecule has 0 fully saturated rings. The number of benzene rings is 1. The van der Waals surface area contributed by atoms with Gasteiger partial charge in [0.2, 0.25) is 0 Å². The summed E-state index contributed by atoms with van der Waals surface area (Å²) in [5.41, 5.74) is 9.54. The van der Waals surface area contributed by atoms with Crippen molar-refractivity contribution in [1.29, 1.82) is 0 Å². The third kappa shape index (κ3) is 4.89. The number of rotatable bonds is 6. The molecule has 1 rings (SSSR count). The molecule has 0 aliphatic carbocycles. The van der Waals surface area contributed by atoms with E-state index in [0.29, 0.717) is 12.8 Å². The standard InChI is InChI=1S/C14H22BrNO2S/c1-4-19(17,18)7-5-6-13(16)12-8-10(2)14(15)11(3)9-12/h8-9,13H,4-7,16H2,1-3H3. The van der Waals surface area contributed by atoms with Crippen LogP contribution in [-0.4, -0.2) is 19.9 Å². The zero-order valence-electron chi connectivity index (χ0n) is 11.7. The first-order valence-corrected chi connectivity index (χ1v) is 9.11. The van der Waals surface area contributed by atoms with Gasteiger partial charge < -0.3 is 5.73 Å². The quantitative estimate of drug-likeness (QED) is 0.858. The molecule has 0 bridgehead atoms. The largest absolute Gasteiger partial charge is 0.324 e. The van der Waals surface area contributed by atoms with Gasteiger partial charge in [-0.3, -0.25) is 0 Å². The van der Waals surface area contributed by atoms with Crippen LogP contribution < -0.4 is 5.73 Å². The van der Waals surface area contributed by atoms with Gasteiger partial charge in [0.15, 0.2) is 0 Å². The van der Waals surface area contributed by atoms with Gasteiger partial charge in [-0.25, -0.2) is 8.42 Å². The molecular weight excluding hydrogens is 326 g/mol. The highest BCUT2D eigenvalue weighted by atomic mass is 79.9. The Bertz CT molecular complexity index is 517. The van der Waals surface area contributed by atoms with Gasteiger partial charge in [-0.05, 0) is 43.4 Å². The first kappa shape index (κ1) is 16.7. The fraction of sp³-hybridized carbons (Fsp3) is 0.571. The van der Waals surface area contributed by atoms with Crippen LogP contribution in [0.3, 0.4) is 0 Å². The lowest BCUT2D eigenvalue weighted by Gasteiger charge is -2.15. The van der Waals surface area contributed by atoms with Gasteiger partial charge in [0, 0.05) is 16.3 Å². The van der Waals surface area contributed by atoms with Gasteiger partial charge in [0.1, 0.15) is 9.84 Å². The van der Waals surface area contributed by atoms with Gasteiger partial charge >= 0.3 is 0 Å². The zero-order chi connectivity index (χ0) is 14.6. The minimum absolute atomic E-state index is 0.0995. The smallest absolute Gasteiger partial charge is 0.150 e. The maximum atomic E-state index is 11.4. The highest BCUT2D eigenvalue weighted by molar-refractivity contribution is 9.10. The molecule has 0 aromatic heterocycles. The van der Waals surface area contributed by atoms with Crippen LogP contribution in [0.1, 0.15) is 42.5 Å². The monoisotopic (exact) mass is 347 g/mol. The molecule has 0 radical (unpaired) electrons. The average Bonchev–Trinajstić information content (AvgIpc) is 2.35. The van der Waals surface area contributed by atoms with Crippen molar-refractivity contribution in [3.8, 4) is 0 Å². The van der Waals surface area contributed by atoms with Crippen LogP contribution in [0.2, 0.25) is 0 Å². The fourth-order valence-electron chi connectivity index (χ4n) is 2.03. The van der Waals surface area contributed by atoms with Gasteiger partial charge in [-0.2, -0.15) is 0 Å². The average molecular weight is 348 g/mol. The second-order valence-electron chi connectivity index (χ2n) is 4.95. The lowest BCUT2D eigenvalue weighted by atomic mass is 9.99. The lowest BCUT2D eigenvalue weighted by molar-refractivity contribution is 0.583. The summed E-state index contributed by atoms with van der Waals surface area (Å²) in [5, 5.41) is 0. The summed E-state index contributed by atoms with van der Waals surface area (Å²) in [6.07, 6.45) is 1.31. The van der Waals surface area contributed by atoms with Crippen molar-refractivity contribution < 1.29 is 8.42 Å². The van der Waals surface area contributed by atoms with E-state index in [1.54, 1.807) is 6.92 Å². The molecule has 0 spiro atoms. The highest BCUT2D eigenvalue weighted by Gasteiger charge is 2.12. The molecule has 1 aromatic rings. The van der Waals surface area contributed by atoms with Crippen molar-refractivity contribution in [3.05, 3.63) is 33.3 Å². The van der Waals surface area contributed by atoms with E-state index in [9.17, 15) is 8.42 Å². The van der Waals surface area contributed by atoms with E-state index in [0.717, 1.165) is 21.2 Å². The van der Waals surface area contributed by atoms with Crippen LogP contribution >= 0.6 is 15.9 Å². The van der Waals surface area contributed by atoms with E-state index in [-0.39, 0.29) is 17.5 Å². The molecule has 0 amide bonds. The van der Waals surface area contributed by atoms with E-state index in [2.05, 4.69) is 28.1 Å². The summed E-state index contributed by atoms with van der Waals surface area (Å²) in [6.45, 7) is 5.75. The van der Waals surface area contributed by atoms with Crippen molar-refractivity contribution >= 4 is 25.8 Å². The van der Waals surface area contributed by atoms with Crippen molar-refractivity contribution in [1.82, 2.24) is 0 Å². The number of hydrogen-bond donors (Lipinski definition) is 1. The summed E-state index contributed by atoms with van der Waals surface area (Å²) in [5.74, 6) is 0.435. The van der Waals surface area contributed by atoms with Gasteiger partial charge in [-0.15, -0.1) is 0 Å². The Morgan fingerprint density at radius 3 is 2.26 bits per heavy atom. The third-order valence-corrected chi connectivity index (χ3v) is 6.34. The Kier molecular flexibility index (Phi) is 6.02. The Morgan fingerprint density at radius 1 is 1.26 bits per heavy atom. The molecular formula is C14H22BrNO2S. The minimum atomic E-state index is -2.88. The summed E-state index contributed by atoms with van der Waals surface area (Å²) >= 11 is 3.53. The molecule has 1 unspecified atom stereocenters. The summed E-state index contributed by atoms with van der Waals surface area (Å²) in [6, 6.07) is 4.03. The first-order valence-electron chi connectivity index (χ1n) is 6.49. The number of halogens is 1. The van der Waals surface area contributed by atoms with E-state index in [4.69, 9.17) is 5.73 Å². The first-order chi connectivity index (χ1) is 8.76. The molecule has 2 N–H and O–H groups in total. The fourth-order valence-corrected chi connectivity index (χ4v) is 3.15. The molecule has 0 saturated heterocycles. The molecule has 0 saturated carbocycles. The summed E-state index contributed by atoms with van der Waals surface area (Å²) in [7, 11) is -2.88. The third-order valence-electron chi connectivity index (χ3n) is 3.30. The Morgan fingerprint density at radius 2 is 1.79 bits per heavy atom. The Labute approximate surface area is 124 Å². The molecule has 1 atom stereocenters. The van der Waals surface area contributed by atoms with Crippen LogP contribution in [0.5, 0.6) is 0 Å². The van der Waals surface area contributed by atoms with Crippen molar-refractivity contribution in [2.45, 2.75) is 39.7 Å². The SMILES string of the molecule is CCS(=O)(=O)CCCC(N)c1cc(C)c(Br)c(C)c1. The van der Waals surface area contributed by atoms with Crippen LogP contribution in [-0.2, 0) is 9.84 Å². The number of nitrogens with two attached hydrogens (primary N) is 1. The van der Waals surface area contributed by atoms with Gasteiger partial charge in [0.25, 0.3) is 0 Å². The molecule has 1 aromatic carbocycles. The predicted molar refractivity (Wildman–Crippen MR) is 84.1 cm³/mol. The van der Waals surface area contributed by atoms with E-state index < -0.39 is 9.84 Å². The van der Waals surface area contributed by atoms with Crippen LogP contribution in [0.4, 0.5) is 0 Å². The Hall–Kier alpha value is -0.390. The lowest BCUT2D eigenvalue weighted by Crippen LogP contribution is -2.14. The minimum Gasteiger partial charge on any atom is -0.324 e. The molecule has 5 heteroatoms. The van der Waals surface area contributed by atoms with Gasteiger partial charge in [0.05, 0.1) is 5.75 Å². The van der Waals surface area contributed by atoms with E-state index in [1.807, 2.05) is 13.8 Å². The molecule has 108 valence electrons. The van der Waals surface area contributed by atoms with Crippen LogP contribution in [0.15, 0.2) is 16.6 Å². The molecule has 3 nitrogen and oxygen atoms in total. The van der Waals surface area contributed by atoms with Crippen LogP contribution in [0, 0.1) is 13.8 Å². The van der Waals surface area contributed by atoms with E-state index in [1.165, 1.54) is 0 Å². The molecule has 0 heterocycles. The maximum Gasteiger partial charge on any atom is 0.150 e. The van der Waals surface area contributed by atoms with Crippen molar-refractivity contribution in [3.63, 3.8) is 0 Å². The number of hydrogen-bond acceptors (Lipinski definition) is 3. The maximum absolute atomic E-state index is 11.4. The van der Waals surface area contributed by atoms with Crippen molar-refractivity contribution in [2.24, 2.45) is 5.73 Å². The molecule has 0 aliphatic rings. The topological polar surface area (TPSA) is 60.2 Å². The number of sulfone groups is 1. The van der Waals surface area contributed by atoms with Gasteiger partial charge in [-0.1, -0.05) is 35.0 Å².